The number of nitrogens with one attached hydrogen (secondary N) is 1. The lowest BCUT2D eigenvalue weighted by Gasteiger charge is -2.23. The maximum absolute atomic E-state index is 4.41. The summed E-state index contributed by atoms with van der Waals surface area (Å²) in [6.45, 7) is 1.01. The van der Waals surface area contributed by atoms with Crippen molar-refractivity contribution in [3.05, 3.63) is 39.8 Å². The second-order valence-corrected chi connectivity index (χ2v) is 5.93. The van der Waals surface area contributed by atoms with Gasteiger partial charge in [-0.05, 0) is 42.3 Å². The molecule has 1 aliphatic rings. The first-order chi connectivity index (χ1) is 8.83. The molecular weight excluding hydrogens is 242 g/mol. The van der Waals surface area contributed by atoms with Gasteiger partial charge < -0.3 is 5.32 Å². The van der Waals surface area contributed by atoms with E-state index in [9.17, 15) is 0 Å². The average Bonchev–Trinajstić information content (AvgIpc) is 2.98. The lowest BCUT2D eigenvalue weighted by atomic mass is 9.94. The predicted octanol–water partition coefficient (Wildman–Crippen LogP) is 2.69. The fourth-order valence-corrected chi connectivity index (χ4v) is 3.66. The summed E-state index contributed by atoms with van der Waals surface area (Å²) in [4.78, 5) is 1.58. The van der Waals surface area contributed by atoms with Crippen LogP contribution in [0.15, 0.2) is 23.7 Å². The van der Waals surface area contributed by atoms with Crippen molar-refractivity contribution in [3.8, 4) is 0 Å². The molecule has 0 bridgehead atoms. The largest absolute Gasteiger partial charge is 0.310 e. The lowest BCUT2D eigenvalue weighted by Crippen LogP contribution is -2.26. The molecule has 0 aromatic carbocycles. The van der Waals surface area contributed by atoms with Crippen LogP contribution in [0.4, 0.5) is 0 Å². The minimum Gasteiger partial charge on any atom is -0.310 e. The van der Waals surface area contributed by atoms with Gasteiger partial charge in [0.2, 0.25) is 0 Å². The zero-order valence-electron chi connectivity index (χ0n) is 10.7. The Morgan fingerprint density at radius 2 is 2.44 bits per heavy atom. The van der Waals surface area contributed by atoms with E-state index in [1.165, 1.54) is 30.5 Å². The molecule has 96 valence electrons. The van der Waals surface area contributed by atoms with E-state index in [0.717, 1.165) is 13.0 Å². The van der Waals surface area contributed by atoms with Gasteiger partial charge in [0.25, 0.3) is 0 Å². The van der Waals surface area contributed by atoms with Gasteiger partial charge in [0, 0.05) is 37.1 Å². The first-order valence-corrected chi connectivity index (χ1v) is 7.49. The minimum atomic E-state index is 0.559. The molecule has 2 heterocycles. The first-order valence-electron chi connectivity index (χ1n) is 6.61. The number of hydrogen-bond donors (Lipinski definition) is 1. The van der Waals surface area contributed by atoms with Gasteiger partial charge in [0.1, 0.15) is 0 Å². The monoisotopic (exact) mass is 261 g/mol. The zero-order valence-corrected chi connectivity index (χ0v) is 11.5. The second kappa shape index (κ2) is 5.24. The van der Waals surface area contributed by atoms with Crippen molar-refractivity contribution in [1.82, 2.24) is 15.1 Å². The summed E-state index contributed by atoms with van der Waals surface area (Å²) in [5.41, 5.74) is 2.71. The highest BCUT2D eigenvalue weighted by Crippen LogP contribution is 2.33. The van der Waals surface area contributed by atoms with Crippen LogP contribution in [0, 0.1) is 0 Å². The zero-order chi connectivity index (χ0) is 12.4. The van der Waals surface area contributed by atoms with E-state index in [1.54, 1.807) is 4.88 Å². The number of hydrogen-bond acceptors (Lipinski definition) is 3. The van der Waals surface area contributed by atoms with Crippen molar-refractivity contribution in [1.29, 1.82) is 0 Å². The molecule has 0 saturated heterocycles. The summed E-state index contributed by atoms with van der Waals surface area (Å²) in [6, 6.07) is 4.94. The van der Waals surface area contributed by atoms with E-state index in [-0.39, 0.29) is 0 Å². The molecule has 0 fully saturated rings. The predicted molar refractivity (Wildman–Crippen MR) is 74.9 cm³/mol. The third-order valence-electron chi connectivity index (χ3n) is 3.59. The number of thiophene rings is 1. The van der Waals surface area contributed by atoms with Crippen molar-refractivity contribution in [2.24, 2.45) is 7.05 Å². The minimum absolute atomic E-state index is 0.559. The van der Waals surface area contributed by atoms with Crippen LogP contribution < -0.4 is 5.32 Å². The van der Waals surface area contributed by atoms with Crippen LogP contribution in [0.25, 0.3) is 0 Å². The van der Waals surface area contributed by atoms with E-state index in [4.69, 9.17) is 0 Å². The van der Waals surface area contributed by atoms with Crippen LogP contribution >= 0.6 is 11.3 Å². The topological polar surface area (TPSA) is 29.9 Å². The summed E-state index contributed by atoms with van der Waals surface area (Å²) in [5.74, 6) is 0. The molecule has 2 aromatic rings. The van der Waals surface area contributed by atoms with Crippen LogP contribution in [0.5, 0.6) is 0 Å². The Labute approximate surface area is 112 Å². The molecular formula is C14H19N3S. The quantitative estimate of drug-likeness (QED) is 0.917. The highest BCUT2D eigenvalue weighted by Gasteiger charge is 2.20. The molecule has 0 amide bonds. The van der Waals surface area contributed by atoms with Crippen LogP contribution in [0.1, 0.15) is 35.0 Å². The van der Waals surface area contributed by atoms with E-state index >= 15 is 0 Å². The number of nitrogens with zero attached hydrogens (tertiary/aromatic N) is 2. The van der Waals surface area contributed by atoms with Gasteiger partial charge >= 0.3 is 0 Å². The number of fused-ring (bicyclic) bond motifs is 1. The molecule has 1 N–H and O–H groups in total. The highest BCUT2D eigenvalue weighted by atomic mass is 32.1. The lowest BCUT2D eigenvalue weighted by molar-refractivity contribution is 0.465. The van der Waals surface area contributed by atoms with Gasteiger partial charge in [0.15, 0.2) is 0 Å². The Balaban J connectivity index is 1.55. The molecule has 0 radical (unpaired) electrons. The molecule has 2 aromatic heterocycles. The Kier molecular flexibility index (Phi) is 3.48. The van der Waals surface area contributed by atoms with Crippen LogP contribution in [-0.2, 0) is 19.9 Å². The molecule has 4 heteroatoms. The molecule has 0 aliphatic heterocycles. The normalized spacial score (nSPS) is 18.8. The number of aromatic nitrogens is 2. The van der Waals surface area contributed by atoms with Crippen LogP contribution in [0.2, 0.25) is 0 Å². The van der Waals surface area contributed by atoms with Crippen molar-refractivity contribution in [2.75, 3.05) is 6.54 Å². The Morgan fingerprint density at radius 3 is 3.28 bits per heavy atom. The fourth-order valence-electron chi connectivity index (χ4n) is 2.67. The first kappa shape index (κ1) is 11.9. The maximum Gasteiger partial charge on any atom is 0.0637 e. The fraction of sp³-hybridized carbons (Fsp3) is 0.500. The molecule has 1 aliphatic carbocycles. The summed E-state index contributed by atoms with van der Waals surface area (Å²) in [5, 5.41) is 10.3. The van der Waals surface area contributed by atoms with E-state index in [0.29, 0.717) is 6.04 Å². The average molecular weight is 261 g/mol. The molecule has 1 atom stereocenters. The van der Waals surface area contributed by atoms with Crippen LogP contribution in [-0.4, -0.2) is 16.3 Å². The van der Waals surface area contributed by atoms with E-state index < -0.39 is 0 Å². The summed E-state index contributed by atoms with van der Waals surface area (Å²) in [6.07, 6.45) is 6.87. The standard InChI is InChI=1S/C14H19N3S/c1-17-9-6-11(16-17)5-8-15-13-3-2-4-14-12(13)7-10-18-14/h6-7,9-10,13,15H,2-5,8H2,1H3. The summed E-state index contributed by atoms with van der Waals surface area (Å²) >= 11 is 1.91. The SMILES string of the molecule is Cn1ccc(CCNC2CCCc3sccc32)n1. The molecule has 0 saturated carbocycles. The molecule has 1 unspecified atom stereocenters. The molecule has 3 nitrogen and oxygen atoms in total. The van der Waals surface area contributed by atoms with E-state index in [1.807, 2.05) is 29.3 Å². The molecule has 3 rings (SSSR count). The molecule has 18 heavy (non-hydrogen) atoms. The summed E-state index contributed by atoms with van der Waals surface area (Å²) < 4.78 is 1.87. The van der Waals surface area contributed by atoms with Crippen molar-refractivity contribution in [3.63, 3.8) is 0 Å². The highest BCUT2D eigenvalue weighted by molar-refractivity contribution is 7.10. The van der Waals surface area contributed by atoms with Crippen molar-refractivity contribution < 1.29 is 0 Å². The van der Waals surface area contributed by atoms with Gasteiger partial charge in [-0.2, -0.15) is 5.10 Å². The number of aryl methyl sites for hydroxylation is 2. The van der Waals surface area contributed by atoms with Crippen molar-refractivity contribution >= 4 is 11.3 Å². The Hall–Kier alpha value is -1.13. The Morgan fingerprint density at radius 1 is 1.50 bits per heavy atom. The van der Waals surface area contributed by atoms with Gasteiger partial charge in [-0.25, -0.2) is 0 Å². The Bertz CT molecular complexity index is 515. The van der Waals surface area contributed by atoms with E-state index in [2.05, 4.69) is 27.9 Å². The maximum atomic E-state index is 4.41. The third-order valence-corrected chi connectivity index (χ3v) is 4.59. The van der Waals surface area contributed by atoms with Crippen LogP contribution in [0.3, 0.4) is 0 Å². The smallest absolute Gasteiger partial charge is 0.0637 e. The van der Waals surface area contributed by atoms with Gasteiger partial charge in [-0.15, -0.1) is 11.3 Å². The second-order valence-electron chi connectivity index (χ2n) is 4.93. The molecule has 0 spiro atoms. The van der Waals surface area contributed by atoms with Crippen molar-refractivity contribution in [2.45, 2.75) is 31.7 Å². The summed E-state index contributed by atoms with van der Waals surface area (Å²) in [7, 11) is 1.97. The third kappa shape index (κ3) is 2.49. The van der Waals surface area contributed by atoms with Gasteiger partial charge in [-0.1, -0.05) is 0 Å². The number of rotatable bonds is 4. The van der Waals surface area contributed by atoms with Gasteiger partial charge in [0.05, 0.1) is 5.69 Å². The van der Waals surface area contributed by atoms with Gasteiger partial charge in [-0.3, -0.25) is 4.68 Å².